The quantitative estimate of drug-likeness (QED) is 0.355. The molecule has 1 fully saturated rings. The van der Waals surface area contributed by atoms with Crippen LogP contribution in [0, 0.1) is 5.82 Å². The van der Waals surface area contributed by atoms with Crippen molar-refractivity contribution in [3.05, 3.63) is 52.5 Å². The largest absolute Gasteiger partial charge is 0.340 e. The number of hydrogen-bond donors (Lipinski definition) is 2. The van der Waals surface area contributed by atoms with Gasteiger partial charge in [-0.15, -0.1) is 11.3 Å². The number of thiazole rings is 1. The van der Waals surface area contributed by atoms with E-state index in [9.17, 15) is 4.39 Å². The summed E-state index contributed by atoms with van der Waals surface area (Å²) in [5, 5.41) is 8.80. The molecule has 1 aliphatic rings. The standard InChI is InChI=1S/C23H24ClFN6S/c24-16-12-15(4-5-17(16)25)29-23-21-18(27-14-28-23)6-7-19-22(21)32-20(30-19)13-26-8-11-31-9-2-1-3-10-31/h4-7,12,14,26H,1-3,8-11,13H2,(H,27,28,29). The number of benzene rings is 2. The Labute approximate surface area is 194 Å². The molecule has 0 spiro atoms. The molecular weight excluding hydrogens is 447 g/mol. The van der Waals surface area contributed by atoms with Crippen molar-refractivity contribution in [1.82, 2.24) is 25.2 Å². The van der Waals surface area contributed by atoms with E-state index in [-0.39, 0.29) is 5.02 Å². The molecule has 2 N–H and O–H groups in total. The van der Waals surface area contributed by atoms with Crippen LogP contribution in [0.4, 0.5) is 15.9 Å². The summed E-state index contributed by atoms with van der Waals surface area (Å²) in [5.41, 5.74) is 2.42. The Morgan fingerprint density at radius 3 is 2.75 bits per heavy atom. The summed E-state index contributed by atoms with van der Waals surface area (Å²) in [6.07, 6.45) is 5.51. The Morgan fingerprint density at radius 1 is 1.06 bits per heavy atom. The van der Waals surface area contributed by atoms with Gasteiger partial charge in [-0.2, -0.15) is 0 Å². The van der Waals surface area contributed by atoms with Gasteiger partial charge in [-0.05, 0) is 56.3 Å². The van der Waals surface area contributed by atoms with Gasteiger partial charge in [0.15, 0.2) is 0 Å². The third kappa shape index (κ3) is 4.68. The van der Waals surface area contributed by atoms with Crippen molar-refractivity contribution < 1.29 is 4.39 Å². The van der Waals surface area contributed by atoms with Crippen LogP contribution in [0.15, 0.2) is 36.7 Å². The molecule has 6 nitrogen and oxygen atoms in total. The van der Waals surface area contributed by atoms with Gasteiger partial charge in [-0.25, -0.2) is 19.3 Å². The molecule has 0 unspecified atom stereocenters. The fourth-order valence-corrected chi connectivity index (χ4v) is 5.33. The molecule has 0 radical (unpaired) electrons. The van der Waals surface area contributed by atoms with Crippen LogP contribution in [-0.4, -0.2) is 46.0 Å². The van der Waals surface area contributed by atoms with Gasteiger partial charge in [0, 0.05) is 25.3 Å². The molecule has 0 atom stereocenters. The molecule has 0 saturated carbocycles. The average Bonchev–Trinajstić information content (AvgIpc) is 3.23. The average molecular weight is 471 g/mol. The molecule has 2 aromatic heterocycles. The van der Waals surface area contributed by atoms with Crippen molar-refractivity contribution in [2.45, 2.75) is 25.8 Å². The van der Waals surface area contributed by atoms with Gasteiger partial charge in [0.2, 0.25) is 0 Å². The number of fused-ring (bicyclic) bond motifs is 3. The Hall–Kier alpha value is -2.39. The molecular formula is C23H24ClFN6S. The Kier molecular flexibility index (Phi) is 6.45. The molecule has 9 heteroatoms. The zero-order valence-electron chi connectivity index (χ0n) is 17.6. The van der Waals surface area contributed by atoms with Crippen LogP contribution >= 0.6 is 22.9 Å². The molecule has 1 saturated heterocycles. The first-order valence-corrected chi connectivity index (χ1v) is 12.0. The second kappa shape index (κ2) is 9.62. The molecule has 5 rings (SSSR count). The molecule has 3 heterocycles. The predicted octanol–water partition coefficient (Wildman–Crippen LogP) is 5.35. The lowest BCUT2D eigenvalue weighted by Crippen LogP contribution is -2.35. The van der Waals surface area contributed by atoms with Crippen molar-refractivity contribution in [1.29, 1.82) is 0 Å². The lowest BCUT2D eigenvalue weighted by molar-refractivity contribution is 0.229. The highest BCUT2D eigenvalue weighted by Crippen LogP contribution is 2.34. The van der Waals surface area contributed by atoms with Crippen molar-refractivity contribution in [3.8, 4) is 0 Å². The predicted molar refractivity (Wildman–Crippen MR) is 129 cm³/mol. The summed E-state index contributed by atoms with van der Waals surface area (Å²) < 4.78 is 14.6. The number of halogens is 2. The summed E-state index contributed by atoms with van der Waals surface area (Å²) in [4.78, 5) is 16.2. The van der Waals surface area contributed by atoms with Crippen molar-refractivity contribution in [2.24, 2.45) is 0 Å². The van der Waals surface area contributed by atoms with E-state index in [1.54, 1.807) is 23.5 Å². The first-order valence-electron chi connectivity index (χ1n) is 10.9. The molecule has 166 valence electrons. The van der Waals surface area contributed by atoms with Crippen molar-refractivity contribution in [3.63, 3.8) is 0 Å². The number of piperidine rings is 1. The van der Waals surface area contributed by atoms with E-state index in [4.69, 9.17) is 16.6 Å². The summed E-state index contributed by atoms with van der Waals surface area (Å²) >= 11 is 7.59. The van der Waals surface area contributed by atoms with Gasteiger partial charge < -0.3 is 15.5 Å². The Bertz CT molecular complexity index is 1240. The van der Waals surface area contributed by atoms with E-state index in [2.05, 4.69) is 25.5 Å². The topological polar surface area (TPSA) is 66.0 Å². The van der Waals surface area contributed by atoms with E-state index in [0.29, 0.717) is 11.5 Å². The number of likely N-dealkylation sites (tertiary alicyclic amines) is 1. The van der Waals surface area contributed by atoms with E-state index < -0.39 is 5.82 Å². The fraction of sp³-hybridized carbons (Fsp3) is 0.348. The maximum absolute atomic E-state index is 13.5. The maximum Gasteiger partial charge on any atom is 0.143 e. The van der Waals surface area contributed by atoms with Crippen molar-refractivity contribution >= 4 is 55.6 Å². The maximum atomic E-state index is 13.5. The summed E-state index contributed by atoms with van der Waals surface area (Å²) in [7, 11) is 0. The van der Waals surface area contributed by atoms with Crippen LogP contribution < -0.4 is 10.6 Å². The fourth-order valence-electron chi connectivity index (χ4n) is 4.07. The lowest BCUT2D eigenvalue weighted by Gasteiger charge is -2.26. The molecule has 1 aliphatic heterocycles. The molecule has 0 aliphatic carbocycles. The van der Waals surface area contributed by atoms with Gasteiger partial charge in [0.1, 0.15) is 23.0 Å². The first-order chi connectivity index (χ1) is 15.7. The summed E-state index contributed by atoms with van der Waals surface area (Å²) in [5.74, 6) is 0.198. The van der Waals surface area contributed by atoms with Crippen LogP contribution in [0.5, 0.6) is 0 Å². The highest BCUT2D eigenvalue weighted by Gasteiger charge is 2.14. The normalized spacial score (nSPS) is 14.9. The zero-order valence-corrected chi connectivity index (χ0v) is 19.1. The van der Waals surface area contributed by atoms with Gasteiger partial charge in [-0.3, -0.25) is 0 Å². The SMILES string of the molecule is Fc1ccc(Nc2ncnc3ccc4nc(CNCCN5CCCCC5)sc4c23)cc1Cl. The van der Waals surface area contributed by atoms with Gasteiger partial charge in [-0.1, -0.05) is 18.0 Å². The number of nitrogens with zero attached hydrogens (tertiary/aromatic N) is 4. The number of rotatable bonds is 7. The molecule has 0 amide bonds. The minimum absolute atomic E-state index is 0.0641. The van der Waals surface area contributed by atoms with E-state index in [1.807, 2.05) is 12.1 Å². The summed E-state index contributed by atoms with van der Waals surface area (Å²) in [6, 6.07) is 8.48. The van der Waals surface area contributed by atoms with Crippen LogP contribution in [0.3, 0.4) is 0 Å². The number of nitrogens with one attached hydrogen (secondary N) is 2. The monoisotopic (exact) mass is 470 g/mol. The minimum Gasteiger partial charge on any atom is -0.340 e. The van der Waals surface area contributed by atoms with Crippen LogP contribution in [0.25, 0.3) is 21.1 Å². The second-order valence-electron chi connectivity index (χ2n) is 7.97. The van der Waals surface area contributed by atoms with E-state index in [1.165, 1.54) is 44.7 Å². The highest BCUT2D eigenvalue weighted by molar-refractivity contribution is 7.19. The number of anilines is 2. The van der Waals surface area contributed by atoms with Crippen LogP contribution in [0.1, 0.15) is 24.3 Å². The Balaban J connectivity index is 1.36. The van der Waals surface area contributed by atoms with E-state index in [0.717, 1.165) is 45.8 Å². The van der Waals surface area contributed by atoms with E-state index >= 15 is 0 Å². The first kappa shape index (κ1) is 21.5. The third-order valence-corrected chi connectivity index (χ3v) is 7.09. The summed E-state index contributed by atoms with van der Waals surface area (Å²) in [6.45, 7) is 5.19. The lowest BCUT2D eigenvalue weighted by atomic mass is 10.1. The number of hydrogen-bond acceptors (Lipinski definition) is 7. The molecule has 32 heavy (non-hydrogen) atoms. The molecule has 4 aromatic rings. The molecule has 2 aromatic carbocycles. The van der Waals surface area contributed by atoms with Crippen LogP contribution in [-0.2, 0) is 6.54 Å². The Morgan fingerprint density at radius 2 is 1.91 bits per heavy atom. The minimum atomic E-state index is -0.452. The smallest absolute Gasteiger partial charge is 0.143 e. The molecule has 0 bridgehead atoms. The third-order valence-electron chi connectivity index (χ3n) is 5.71. The van der Waals surface area contributed by atoms with Crippen molar-refractivity contribution in [2.75, 3.05) is 31.5 Å². The van der Waals surface area contributed by atoms with Gasteiger partial charge >= 0.3 is 0 Å². The highest BCUT2D eigenvalue weighted by atomic mass is 35.5. The zero-order chi connectivity index (χ0) is 21.9. The van der Waals surface area contributed by atoms with Gasteiger partial charge in [0.25, 0.3) is 0 Å². The number of aromatic nitrogens is 3. The van der Waals surface area contributed by atoms with Crippen LogP contribution in [0.2, 0.25) is 5.02 Å². The second-order valence-corrected chi connectivity index (χ2v) is 9.46. The van der Waals surface area contributed by atoms with Gasteiger partial charge in [0.05, 0.1) is 26.1 Å².